The van der Waals surface area contributed by atoms with Crippen molar-refractivity contribution >= 4 is 23.3 Å². The van der Waals surface area contributed by atoms with Gasteiger partial charge in [-0.3, -0.25) is 14.4 Å². The van der Waals surface area contributed by atoms with E-state index in [9.17, 15) is 19.5 Å². The molecule has 1 fully saturated rings. The van der Waals surface area contributed by atoms with Gasteiger partial charge in [-0.15, -0.1) is 0 Å². The van der Waals surface area contributed by atoms with Crippen LogP contribution in [0.2, 0.25) is 0 Å². The molecule has 2 aliphatic heterocycles. The second-order valence-corrected chi connectivity index (χ2v) is 7.65. The summed E-state index contributed by atoms with van der Waals surface area (Å²) in [6, 6.07) is 13.3. The molecule has 1 atom stereocenters. The summed E-state index contributed by atoms with van der Waals surface area (Å²) in [5, 5.41) is 11.1. The van der Waals surface area contributed by atoms with E-state index in [1.807, 2.05) is 0 Å². The summed E-state index contributed by atoms with van der Waals surface area (Å²) in [6.45, 7) is 1.94. The van der Waals surface area contributed by atoms with Crippen LogP contribution in [0.3, 0.4) is 0 Å². The summed E-state index contributed by atoms with van der Waals surface area (Å²) in [6.07, 6.45) is -0.386. The molecule has 2 aromatic rings. The molecule has 4 rings (SSSR count). The first-order valence-electron chi connectivity index (χ1n) is 10.1. The predicted molar refractivity (Wildman–Crippen MR) is 112 cm³/mol. The summed E-state index contributed by atoms with van der Waals surface area (Å²) < 4.78 is 10.8. The molecule has 0 saturated carbocycles. The van der Waals surface area contributed by atoms with Gasteiger partial charge in [0.05, 0.1) is 25.3 Å². The van der Waals surface area contributed by atoms with E-state index in [0.29, 0.717) is 48.9 Å². The van der Waals surface area contributed by atoms with Crippen LogP contribution in [0.25, 0.3) is 0 Å². The number of carbonyl (C=O) groups is 3. The molecule has 8 nitrogen and oxygen atoms in total. The van der Waals surface area contributed by atoms with Crippen molar-refractivity contribution in [3.8, 4) is 5.75 Å². The topological polar surface area (TPSA) is 96.4 Å². The number of hydrogen-bond donors (Lipinski definition) is 1. The van der Waals surface area contributed by atoms with Crippen LogP contribution in [0.1, 0.15) is 22.3 Å². The molecule has 2 amide bonds. The molecule has 0 aliphatic carbocycles. The number of fused-ring (bicyclic) bond motifs is 1. The number of rotatable bonds is 6. The molecule has 0 bridgehead atoms. The smallest absolute Gasteiger partial charge is 0.263 e. The van der Waals surface area contributed by atoms with Crippen molar-refractivity contribution in [2.45, 2.75) is 12.0 Å². The van der Waals surface area contributed by atoms with Gasteiger partial charge in [0, 0.05) is 31.3 Å². The number of ketones is 1. The van der Waals surface area contributed by atoms with E-state index in [4.69, 9.17) is 9.47 Å². The highest BCUT2D eigenvalue weighted by Gasteiger charge is 2.49. The number of benzene rings is 2. The van der Waals surface area contributed by atoms with Crippen molar-refractivity contribution in [3.63, 3.8) is 0 Å². The Morgan fingerprint density at radius 1 is 1.13 bits per heavy atom. The fourth-order valence-corrected chi connectivity index (χ4v) is 3.93. The lowest BCUT2D eigenvalue weighted by Gasteiger charge is -2.26. The minimum Gasteiger partial charge on any atom is -0.484 e. The Morgan fingerprint density at radius 2 is 1.87 bits per heavy atom. The molecule has 0 aromatic heterocycles. The molecule has 0 spiro atoms. The maximum absolute atomic E-state index is 12.9. The van der Waals surface area contributed by atoms with Gasteiger partial charge in [0.2, 0.25) is 0 Å². The first-order chi connectivity index (χ1) is 14.9. The van der Waals surface area contributed by atoms with Gasteiger partial charge < -0.3 is 24.4 Å². The lowest BCUT2D eigenvalue weighted by Crippen LogP contribution is -2.43. The molecular weight excluding hydrogens is 400 g/mol. The van der Waals surface area contributed by atoms with Crippen LogP contribution in [0.15, 0.2) is 48.5 Å². The van der Waals surface area contributed by atoms with E-state index in [2.05, 4.69) is 0 Å². The number of Topliss-reactive ketones (excluding diaryl/α,β-unsaturated/α-hetero) is 1. The van der Waals surface area contributed by atoms with E-state index in [-0.39, 0.29) is 18.9 Å². The van der Waals surface area contributed by atoms with Gasteiger partial charge in [0.15, 0.2) is 18.0 Å². The number of amides is 2. The number of ether oxygens (including phenoxy) is 2. The number of likely N-dealkylation sites (N-methyl/N-ethyl adjacent to an activating group) is 1. The molecule has 1 N–H and O–H groups in total. The third-order valence-electron chi connectivity index (χ3n) is 5.67. The molecule has 2 aliphatic rings. The zero-order chi connectivity index (χ0) is 22.0. The SMILES string of the molecule is CN1C(=O)[C@](O)(CC(=O)c2cccc(OCC(=O)N3CCOCC3)c2)c2ccccc21. The van der Waals surface area contributed by atoms with Gasteiger partial charge in [-0.25, -0.2) is 0 Å². The third-order valence-corrected chi connectivity index (χ3v) is 5.67. The average molecular weight is 424 g/mol. The summed E-state index contributed by atoms with van der Waals surface area (Å²) in [5.74, 6) is -0.711. The van der Waals surface area contributed by atoms with E-state index >= 15 is 0 Å². The van der Waals surface area contributed by atoms with E-state index < -0.39 is 17.3 Å². The number of nitrogens with zero attached hydrogens (tertiary/aromatic N) is 2. The zero-order valence-corrected chi connectivity index (χ0v) is 17.2. The van der Waals surface area contributed by atoms with Gasteiger partial charge in [0.25, 0.3) is 11.8 Å². The number of para-hydroxylation sites is 1. The normalized spacial score (nSPS) is 20.5. The van der Waals surface area contributed by atoms with E-state index in [1.165, 1.54) is 11.0 Å². The van der Waals surface area contributed by atoms with Crippen molar-refractivity contribution in [1.82, 2.24) is 4.90 Å². The number of carbonyl (C=O) groups excluding carboxylic acids is 3. The van der Waals surface area contributed by atoms with Gasteiger partial charge in [-0.2, -0.15) is 0 Å². The van der Waals surface area contributed by atoms with Gasteiger partial charge in [-0.05, 0) is 18.2 Å². The predicted octanol–water partition coefficient (Wildman–Crippen LogP) is 1.36. The van der Waals surface area contributed by atoms with Gasteiger partial charge in [-0.1, -0.05) is 30.3 Å². The number of anilines is 1. The van der Waals surface area contributed by atoms with Crippen LogP contribution < -0.4 is 9.64 Å². The minimum absolute atomic E-state index is 0.141. The Bertz CT molecular complexity index is 1020. The molecule has 1 saturated heterocycles. The van der Waals surface area contributed by atoms with Crippen LogP contribution >= 0.6 is 0 Å². The molecule has 8 heteroatoms. The van der Waals surface area contributed by atoms with Crippen molar-refractivity contribution in [1.29, 1.82) is 0 Å². The van der Waals surface area contributed by atoms with Crippen LogP contribution in [0, 0.1) is 0 Å². The van der Waals surface area contributed by atoms with E-state index in [0.717, 1.165) is 0 Å². The third kappa shape index (κ3) is 4.04. The fourth-order valence-electron chi connectivity index (χ4n) is 3.93. The molecule has 2 heterocycles. The highest BCUT2D eigenvalue weighted by molar-refractivity contribution is 6.10. The maximum Gasteiger partial charge on any atom is 0.263 e. The fraction of sp³-hybridized carbons (Fsp3) is 0.348. The van der Waals surface area contributed by atoms with Gasteiger partial charge in [0.1, 0.15) is 5.75 Å². The monoisotopic (exact) mass is 424 g/mol. The van der Waals surface area contributed by atoms with Crippen molar-refractivity contribution < 1.29 is 29.0 Å². The summed E-state index contributed by atoms with van der Waals surface area (Å²) in [7, 11) is 1.57. The Hall–Kier alpha value is -3.23. The van der Waals surface area contributed by atoms with Crippen LogP contribution in [-0.2, 0) is 19.9 Å². The molecule has 162 valence electrons. The Balaban J connectivity index is 1.45. The lowest BCUT2D eigenvalue weighted by atomic mass is 9.88. The summed E-state index contributed by atoms with van der Waals surface area (Å²) in [4.78, 5) is 40.9. The highest BCUT2D eigenvalue weighted by atomic mass is 16.5. The number of hydrogen-bond acceptors (Lipinski definition) is 6. The second kappa shape index (κ2) is 8.49. The van der Waals surface area contributed by atoms with Crippen LogP contribution in [0.5, 0.6) is 5.75 Å². The molecule has 31 heavy (non-hydrogen) atoms. The van der Waals surface area contributed by atoms with E-state index in [1.54, 1.807) is 54.4 Å². The zero-order valence-electron chi connectivity index (χ0n) is 17.2. The van der Waals surface area contributed by atoms with Crippen LogP contribution in [-0.4, -0.2) is 67.6 Å². The molecule has 0 unspecified atom stereocenters. The summed E-state index contributed by atoms with van der Waals surface area (Å²) >= 11 is 0. The van der Waals surface area contributed by atoms with Crippen molar-refractivity contribution in [2.24, 2.45) is 0 Å². The molecule has 2 aromatic carbocycles. The number of morpholine rings is 1. The first kappa shape index (κ1) is 21.0. The molecule has 0 radical (unpaired) electrons. The Labute approximate surface area is 180 Å². The quantitative estimate of drug-likeness (QED) is 0.704. The Morgan fingerprint density at radius 3 is 2.65 bits per heavy atom. The Kier molecular flexibility index (Phi) is 5.75. The van der Waals surface area contributed by atoms with Gasteiger partial charge >= 0.3 is 0 Å². The van der Waals surface area contributed by atoms with Crippen LogP contribution in [0.4, 0.5) is 5.69 Å². The molecular formula is C23H24N2O6. The lowest BCUT2D eigenvalue weighted by molar-refractivity contribution is -0.137. The largest absolute Gasteiger partial charge is 0.484 e. The second-order valence-electron chi connectivity index (χ2n) is 7.65. The average Bonchev–Trinajstić information content (AvgIpc) is 2.99. The first-order valence-corrected chi connectivity index (χ1v) is 10.1. The van der Waals surface area contributed by atoms with Crippen molar-refractivity contribution in [3.05, 3.63) is 59.7 Å². The maximum atomic E-state index is 12.9. The van der Waals surface area contributed by atoms with Crippen molar-refractivity contribution in [2.75, 3.05) is 44.9 Å². The summed E-state index contributed by atoms with van der Waals surface area (Å²) in [5.41, 5.74) is -0.614. The highest BCUT2D eigenvalue weighted by Crippen LogP contribution is 2.42. The minimum atomic E-state index is -1.91. The number of aliphatic hydroxyl groups is 1. The standard InChI is InChI=1S/C23H24N2O6/c1-24-19-8-3-2-7-18(19)23(29,22(24)28)14-20(26)16-5-4-6-17(13-16)31-15-21(27)25-9-11-30-12-10-25/h2-8,13,29H,9-12,14-15H2,1H3/t23-/m0/s1.